The second-order valence-electron chi connectivity index (χ2n) is 8.60. The van der Waals surface area contributed by atoms with Crippen LogP contribution in [0.3, 0.4) is 0 Å². The lowest BCUT2D eigenvalue weighted by molar-refractivity contribution is -0.141. The largest absolute Gasteiger partial charge is 0.435 e. The number of rotatable bonds is 4. The van der Waals surface area contributed by atoms with Crippen molar-refractivity contribution in [2.45, 2.75) is 64.2 Å². The average Bonchev–Trinajstić information content (AvgIpc) is 3.20. The zero-order chi connectivity index (χ0) is 23.9. The fraction of sp³-hybridized carbons (Fsp3) is 0.522. The van der Waals surface area contributed by atoms with Gasteiger partial charge in [-0.1, -0.05) is 48.5 Å². The molecule has 0 N–H and O–H groups in total. The summed E-state index contributed by atoms with van der Waals surface area (Å²) in [5.41, 5.74) is -0.0481. The van der Waals surface area contributed by atoms with E-state index in [1.807, 2.05) is 11.8 Å². The molecule has 178 valence electrons. The summed E-state index contributed by atoms with van der Waals surface area (Å²) in [6, 6.07) is 5.04. The summed E-state index contributed by atoms with van der Waals surface area (Å²) in [6.07, 6.45) is 0.472. The van der Waals surface area contributed by atoms with Gasteiger partial charge in [-0.25, -0.2) is 9.67 Å². The smallest absolute Gasteiger partial charge is 0.339 e. The molecule has 1 aromatic carbocycles. The lowest BCUT2D eigenvalue weighted by Gasteiger charge is -2.39. The summed E-state index contributed by atoms with van der Waals surface area (Å²) < 4.78 is 41.6. The Hall–Kier alpha value is -2.06. The molecule has 2 unspecified atom stereocenters. The summed E-state index contributed by atoms with van der Waals surface area (Å²) >= 11 is 12.3. The number of halogens is 5. The fourth-order valence-electron chi connectivity index (χ4n) is 4.94. The lowest BCUT2D eigenvalue weighted by Crippen LogP contribution is -2.49. The van der Waals surface area contributed by atoms with E-state index in [1.54, 1.807) is 25.1 Å². The van der Waals surface area contributed by atoms with Crippen molar-refractivity contribution in [1.29, 1.82) is 0 Å². The molecule has 0 radical (unpaired) electrons. The molecule has 2 atom stereocenters. The van der Waals surface area contributed by atoms with Crippen molar-refractivity contribution in [3.05, 3.63) is 45.6 Å². The van der Waals surface area contributed by atoms with E-state index in [0.717, 1.165) is 38.2 Å². The Morgan fingerprint density at radius 2 is 1.85 bits per heavy atom. The lowest BCUT2D eigenvalue weighted by atomic mass is 9.85. The molecule has 2 aliphatic rings. The summed E-state index contributed by atoms with van der Waals surface area (Å²) in [5.74, 6) is -0.908. The standard InChI is InChI=1S/C23H25Cl2F3N4O/c1-3-31(15-7-5-4-6-8-15)22(33)20-13(2)29-19-12-18(23(26,27)28)30-32(19)21(20)14-9-10-16(24)17(25)11-14/h9-12,15,20-21H,3-8H2,1-2H3. The van der Waals surface area contributed by atoms with Crippen LogP contribution in [0, 0.1) is 5.92 Å². The summed E-state index contributed by atoms with van der Waals surface area (Å²) in [7, 11) is 0. The van der Waals surface area contributed by atoms with Crippen molar-refractivity contribution in [2.75, 3.05) is 6.54 Å². The van der Waals surface area contributed by atoms with Crippen LogP contribution in [0.5, 0.6) is 0 Å². The van der Waals surface area contributed by atoms with Crippen LogP contribution in [0.2, 0.25) is 10.0 Å². The highest BCUT2D eigenvalue weighted by Gasteiger charge is 2.44. The third-order valence-corrected chi connectivity index (χ3v) is 7.26. The van der Waals surface area contributed by atoms with Crippen LogP contribution in [0.4, 0.5) is 19.0 Å². The molecule has 1 aromatic heterocycles. The van der Waals surface area contributed by atoms with E-state index in [-0.39, 0.29) is 22.8 Å². The molecule has 1 aliphatic heterocycles. The number of carbonyl (C=O) groups excluding carboxylic acids is 1. The Labute approximate surface area is 200 Å². The van der Waals surface area contributed by atoms with Crippen molar-refractivity contribution in [3.63, 3.8) is 0 Å². The minimum absolute atomic E-state index is 0.0562. The van der Waals surface area contributed by atoms with Crippen LogP contribution in [0.1, 0.15) is 63.3 Å². The molecule has 5 nitrogen and oxygen atoms in total. The van der Waals surface area contributed by atoms with Crippen LogP contribution in [-0.4, -0.2) is 38.9 Å². The van der Waals surface area contributed by atoms with Gasteiger partial charge in [0.25, 0.3) is 0 Å². The van der Waals surface area contributed by atoms with E-state index in [1.165, 1.54) is 4.68 Å². The first-order valence-corrected chi connectivity index (χ1v) is 11.8. The summed E-state index contributed by atoms with van der Waals surface area (Å²) in [5, 5.41) is 4.41. The van der Waals surface area contributed by atoms with E-state index >= 15 is 0 Å². The van der Waals surface area contributed by atoms with Gasteiger partial charge in [0, 0.05) is 24.4 Å². The van der Waals surface area contributed by atoms with Crippen LogP contribution < -0.4 is 0 Å². The molecule has 33 heavy (non-hydrogen) atoms. The zero-order valence-electron chi connectivity index (χ0n) is 18.4. The van der Waals surface area contributed by atoms with Gasteiger partial charge < -0.3 is 4.90 Å². The average molecular weight is 501 g/mol. The number of aromatic nitrogens is 2. The highest BCUT2D eigenvalue weighted by Crippen LogP contribution is 2.42. The molecular weight excluding hydrogens is 476 g/mol. The Morgan fingerprint density at radius 3 is 2.45 bits per heavy atom. The minimum atomic E-state index is -4.63. The van der Waals surface area contributed by atoms with Crippen molar-refractivity contribution in [1.82, 2.24) is 14.7 Å². The van der Waals surface area contributed by atoms with Crippen LogP contribution in [0.25, 0.3) is 0 Å². The summed E-state index contributed by atoms with van der Waals surface area (Å²) in [6.45, 7) is 4.13. The van der Waals surface area contributed by atoms with Gasteiger partial charge in [0.1, 0.15) is 5.92 Å². The number of hydrogen-bond acceptors (Lipinski definition) is 3. The van der Waals surface area contributed by atoms with Gasteiger partial charge in [-0.15, -0.1) is 0 Å². The number of alkyl halides is 3. The maximum Gasteiger partial charge on any atom is 0.435 e. The first kappa shape index (κ1) is 24.1. The first-order valence-electron chi connectivity index (χ1n) is 11.1. The molecule has 2 aromatic rings. The Bertz CT molecular complexity index is 1080. The first-order chi connectivity index (χ1) is 15.6. The van der Waals surface area contributed by atoms with Crippen molar-refractivity contribution in [2.24, 2.45) is 10.9 Å². The molecule has 0 saturated heterocycles. The monoisotopic (exact) mass is 500 g/mol. The number of carbonyl (C=O) groups is 1. The second kappa shape index (κ2) is 9.29. The number of nitrogens with zero attached hydrogens (tertiary/aromatic N) is 4. The van der Waals surface area contributed by atoms with Gasteiger partial charge in [-0.3, -0.25) is 4.79 Å². The van der Waals surface area contributed by atoms with Gasteiger partial charge in [0.15, 0.2) is 11.5 Å². The van der Waals surface area contributed by atoms with E-state index in [0.29, 0.717) is 22.8 Å². The van der Waals surface area contributed by atoms with Crippen LogP contribution >= 0.6 is 23.2 Å². The fourth-order valence-corrected chi connectivity index (χ4v) is 5.25. The zero-order valence-corrected chi connectivity index (χ0v) is 19.9. The van der Waals surface area contributed by atoms with Gasteiger partial charge in [-0.2, -0.15) is 18.3 Å². The molecule has 1 fully saturated rings. The maximum absolute atomic E-state index is 13.9. The quantitative estimate of drug-likeness (QED) is 0.468. The number of hydrogen-bond donors (Lipinski definition) is 0. The van der Waals surface area contributed by atoms with Crippen molar-refractivity contribution < 1.29 is 18.0 Å². The molecular formula is C23H25Cl2F3N4O. The Morgan fingerprint density at radius 1 is 1.15 bits per heavy atom. The molecule has 0 spiro atoms. The van der Waals surface area contributed by atoms with E-state index < -0.39 is 23.8 Å². The number of benzene rings is 1. The molecule has 1 amide bonds. The van der Waals surface area contributed by atoms with Crippen LogP contribution in [0.15, 0.2) is 29.3 Å². The van der Waals surface area contributed by atoms with E-state index in [2.05, 4.69) is 10.1 Å². The SMILES string of the molecule is CCN(C(=O)C1C(C)=Nc2cc(C(F)(F)F)nn2C1c1ccc(Cl)c(Cl)c1)C1CCCCC1. The Kier molecular flexibility index (Phi) is 6.78. The van der Waals surface area contributed by atoms with Gasteiger partial charge in [0.2, 0.25) is 5.91 Å². The normalized spacial score (nSPS) is 21.5. The molecule has 1 aliphatic carbocycles. The number of aliphatic imine (C=N–C) groups is 1. The van der Waals surface area contributed by atoms with Crippen molar-refractivity contribution >= 4 is 40.6 Å². The molecule has 2 heterocycles. The van der Waals surface area contributed by atoms with Crippen LogP contribution in [-0.2, 0) is 11.0 Å². The third kappa shape index (κ3) is 4.64. The van der Waals surface area contributed by atoms with Gasteiger partial charge in [0.05, 0.1) is 16.1 Å². The Balaban J connectivity index is 1.82. The van der Waals surface area contributed by atoms with Gasteiger partial charge >= 0.3 is 6.18 Å². The van der Waals surface area contributed by atoms with Gasteiger partial charge in [-0.05, 0) is 44.4 Å². The number of amides is 1. The predicted octanol–water partition coefficient (Wildman–Crippen LogP) is 6.70. The molecule has 4 rings (SSSR count). The highest BCUT2D eigenvalue weighted by molar-refractivity contribution is 6.42. The number of fused-ring (bicyclic) bond motifs is 1. The topological polar surface area (TPSA) is 50.5 Å². The predicted molar refractivity (Wildman–Crippen MR) is 122 cm³/mol. The molecule has 0 bridgehead atoms. The summed E-state index contributed by atoms with van der Waals surface area (Å²) in [4.78, 5) is 20.1. The van der Waals surface area contributed by atoms with E-state index in [9.17, 15) is 18.0 Å². The minimum Gasteiger partial charge on any atom is -0.339 e. The molecule has 10 heteroatoms. The second-order valence-corrected chi connectivity index (χ2v) is 9.41. The molecule has 1 saturated carbocycles. The maximum atomic E-state index is 13.9. The highest BCUT2D eigenvalue weighted by atomic mass is 35.5. The van der Waals surface area contributed by atoms with Crippen molar-refractivity contribution in [3.8, 4) is 0 Å². The third-order valence-electron chi connectivity index (χ3n) is 6.52. The van der Waals surface area contributed by atoms with E-state index in [4.69, 9.17) is 23.2 Å².